The molecule has 1 aromatic carbocycles. The van der Waals surface area contributed by atoms with Gasteiger partial charge < -0.3 is 16.2 Å². The lowest BCUT2D eigenvalue weighted by molar-refractivity contribution is 0.321. The van der Waals surface area contributed by atoms with Gasteiger partial charge in [0, 0.05) is 6.04 Å². The fourth-order valence-electron chi connectivity index (χ4n) is 1.58. The Kier molecular flexibility index (Phi) is 8.27. The van der Waals surface area contributed by atoms with Gasteiger partial charge in [0.1, 0.15) is 0 Å². The number of benzene rings is 1. The number of nitrogens with two attached hydrogens (primary N) is 2. The van der Waals surface area contributed by atoms with E-state index in [2.05, 4.69) is 0 Å². The Morgan fingerprint density at radius 1 is 1.44 bits per heavy atom. The average molecular weight is 297 g/mol. The molecule has 0 aliphatic rings. The van der Waals surface area contributed by atoms with Crippen LogP contribution in [0, 0.1) is 5.82 Å². The standard InChI is InChI=1S/C12H18ClFN2O.ClH/c1-2-17-12-9(13)6-8(7-10(12)14)11(16)4-3-5-15;/h6-7,11H,2-5,15-16H2,1H3;1H/t11-;/m1./s1. The number of rotatable bonds is 6. The molecule has 1 rings (SSSR count). The number of hydrogen-bond donors (Lipinski definition) is 2. The molecule has 0 spiro atoms. The van der Waals surface area contributed by atoms with E-state index >= 15 is 0 Å². The van der Waals surface area contributed by atoms with E-state index < -0.39 is 5.82 Å². The smallest absolute Gasteiger partial charge is 0.173 e. The molecule has 0 aromatic heterocycles. The largest absolute Gasteiger partial charge is 0.489 e. The quantitative estimate of drug-likeness (QED) is 0.848. The molecule has 0 fully saturated rings. The van der Waals surface area contributed by atoms with E-state index in [0.29, 0.717) is 25.1 Å². The second-order valence-electron chi connectivity index (χ2n) is 3.78. The van der Waals surface area contributed by atoms with E-state index in [-0.39, 0.29) is 29.2 Å². The highest BCUT2D eigenvalue weighted by molar-refractivity contribution is 6.32. The van der Waals surface area contributed by atoms with Crippen molar-refractivity contribution in [1.29, 1.82) is 0 Å². The van der Waals surface area contributed by atoms with Crippen LogP contribution >= 0.6 is 24.0 Å². The first kappa shape index (κ1) is 17.4. The lowest BCUT2D eigenvalue weighted by Crippen LogP contribution is -2.13. The lowest BCUT2D eigenvalue weighted by atomic mass is 10.0. The normalized spacial score (nSPS) is 11.8. The molecule has 1 aromatic rings. The van der Waals surface area contributed by atoms with Gasteiger partial charge in [0.25, 0.3) is 0 Å². The summed E-state index contributed by atoms with van der Waals surface area (Å²) in [4.78, 5) is 0. The minimum atomic E-state index is -0.474. The summed E-state index contributed by atoms with van der Waals surface area (Å²) in [5, 5.41) is 0.255. The zero-order valence-corrected chi connectivity index (χ0v) is 11.9. The molecular formula is C12H19Cl2FN2O. The van der Waals surface area contributed by atoms with Crippen LogP contribution in [0.3, 0.4) is 0 Å². The van der Waals surface area contributed by atoms with Crippen LogP contribution in [0.1, 0.15) is 31.4 Å². The van der Waals surface area contributed by atoms with Gasteiger partial charge in [0.05, 0.1) is 11.6 Å². The molecular weight excluding hydrogens is 278 g/mol. The predicted molar refractivity (Wildman–Crippen MR) is 75.0 cm³/mol. The SMILES string of the molecule is CCOc1c(F)cc([C@H](N)CCCN)cc1Cl.Cl. The third kappa shape index (κ3) is 4.61. The van der Waals surface area contributed by atoms with Gasteiger partial charge in [-0.25, -0.2) is 4.39 Å². The van der Waals surface area contributed by atoms with Gasteiger partial charge in [-0.05, 0) is 44.0 Å². The van der Waals surface area contributed by atoms with Crippen molar-refractivity contribution in [3.8, 4) is 5.75 Å². The highest BCUT2D eigenvalue weighted by Gasteiger charge is 2.14. The highest BCUT2D eigenvalue weighted by Crippen LogP contribution is 2.31. The van der Waals surface area contributed by atoms with Crippen molar-refractivity contribution in [3.63, 3.8) is 0 Å². The second kappa shape index (κ2) is 8.53. The Morgan fingerprint density at radius 3 is 2.61 bits per heavy atom. The van der Waals surface area contributed by atoms with E-state index in [0.717, 1.165) is 6.42 Å². The summed E-state index contributed by atoms with van der Waals surface area (Å²) in [7, 11) is 0. The zero-order valence-electron chi connectivity index (χ0n) is 10.3. The molecule has 18 heavy (non-hydrogen) atoms. The molecule has 0 aliphatic carbocycles. The van der Waals surface area contributed by atoms with Crippen molar-refractivity contribution >= 4 is 24.0 Å². The Bertz CT molecular complexity index is 354. The molecule has 0 heterocycles. The molecule has 0 saturated carbocycles. The Labute approximate surface area is 118 Å². The molecule has 104 valence electrons. The molecule has 4 N–H and O–H groups in total. The van der Waals surface area contributed by atoms with E-state index in [9.17, 15) is 4.39 Å². The Balaban J connectivity index is 0.00000289. The van der Waals surface area contributed by atoms with Crippen LogP contribution in [-0.4, -0.2) is 13.2 Å². The van der Waals surface area contributed by atoms with Crippen molar-refractivity contribution in [2.75, 3.05) is 13.2 Å². The van der Waals surface area contributed by atoms with Crippen molar-refractivity contribution in [2.45, 2.75) is 25.8 Å². The number of halogens is 3. The number of ether oxygens (including phenoxy) is 1. The van der Waals surface area contributed by atoms with Crippen LogP contribution in [0.4, 0.5) is 4.39 Å². The average Bonchev–Trinajstić information content (AvgIpc) is 2.30. The van der Waals surface area contributed by atoms with E-state index in [1.54, 1.807) is 13.0 Å². The molecule has 3 nitrogen and oxygen atoms in total. The first-order valence-corrected chi connectivity index (χ1v) is 6.05. The molecule has 0 bridgehead atoms. The van der Waals surface area contributed by atoms with Gasteiger partial charge in [0.2, 0.25) is 0 Å². The van der Waals surface area contributed by atoms with Gasteiger partial charge in [-0.15, -0.1) is 12.4 Å². The van der Waals surface area contributed by atoms with Gasteiger partial charge in [-0.2, -0.15) is 0 Å². The Hall–Kier alpha value is -0.550. The fraction of sp³-hybridized carbons (Fsp3) is 0.500. The minimum Gasteiger partial charge on any atom is -0.489 e. The van der Waals surface area contributed by atoms with Crippen LogP contribution in [0.2, 0.25) is 5.02 Å². The van der Waals surface area contributed by atoms with E-state index in [1.165, 1.54) is 6.07 Å². The maximum Gasteiger partial charge on any atom is 0.173 e. The maximum atomic E-state index is 13.7. The molecule has 0 unspecified atom stereocenters. The summed E-state index contributed by atoms with van der Waals surface area (Å²) in [5.74, 6) is -0.388. The van der Waals surface area contributed by atoms with Crippen LogP contribution in [0.25, 0.3) is 0 Å². The van der Waals surface area contributed by atoms with Crippen molar-refractivity contribution in [3.05, 3.63) is 28.5 Å². The summed E-state index contributed by atoms with van der Waals surface area (Å²) >= 11 is 5.95. The molecule has 0 amide bonds. The van der Waals surface area contributed by atoms with Gasteiger partial charge in [-0.1, -0.05) is 11.6 Å². The number of hydrogen-bond acceptors (Lipinski definition) is 3. The van der Waals surface area contributed by atoms with Crippen molar-refractivity contribution in [2.24, 2.45) is 11.5 Å². The Morgan fingerprint density at radius 2 is 2.11 bits per heavy atom. The maximum absolute atomic E-state index is 13.7. The third-order valence-electron chi connectivity index (χ3n) is 2.46. The van der Waals surface area contributed by atoms with Crippen molar-refractivity contribution < 1.29 is 9.13 Å². The van der Waals surface area contributed by atoms with E-state index in [4.69, 9.17) is 27.8 Å². The van der Waals surface area contributed by atoms with E-state index in [1.807, 2.05) is 0 Å². The van der Waals surface area contributed by atoms with Crippen LogP contribution < -0.4 is 16.2 Å². The topological polar surface area (TPSA) is 61.3 Å². The van der Waals surface area contributed by atoms with Crippen LogP contribution in [0.5, 0.6) is 5.75 Å². The summed E-state index contributed by atoms with van der Waals surface area (Å²) in [6.45, 7) is 2.72. The van der Waals surface area contributed by atoms with Gasteiger partial charge in [-0.3, -0.25) is 0 Å². The highest BCUT2D eigenvalue weighted by atomic mass is 35.5. The summed E-state index contributed by atoms with van der Waals surface area (Å²) < 4.78 is 18.8. The summed E-state index contributed by atoms with van der Waals surface area (Å²) in [5.41, 5.74) is 12.0. The molecule has 0 saturated heterocycles. The van der Waals surface area contributed by atoms with Gasteiger partial charge >= 0.3 is 0 Å². The molecule has 0 radical (unpaired) electrons. The first-order chi connectivity index (χ1) is 8.10. The van der Waals surface area contributed by atoms with Crippen molar-refractivity contribution in [1.82, 2.24) is 0 Å². The first-order valence-electron chi connectivity index (χ1n) is 5.67. The molecule has 0 aliphatic heterocycles. The van der Waals surface area contributed by atoms with Crippen LogP contribution in [0.15, 0.2) is 12.1 Å². The predicted octanol–water partition coefficient (Wildman–Crippen LogP) is 3.04. The monoisotopic (exact) mass is 296 g/mol. The summed E-state index contributed by atoms with van der Waals surface area (Å²) in [6, 6.07) is 2.77. The lowest BCUT2D eigenvalue weighted by Gasteiger charge is -2.14. The summed E-state index contributed by atoms with van der Waals surface area (Å²) in [6.07, 6.45) is 1.51. The third-order valence-corrected chi connectivity index (χ3v) is 2.74. The second-order valence-corrected chi connectivity index (χ2v) is 4.19. The molecule has 1 atom stereocenters. The molecule has 6 heteroatoms. The van der Waals surface area contributed by atoms with Gasteiger partial charge in [0.15, 0.2) is 11.6 Å². The zero-order chi connectivity index (χ0) is 12.8. The van der Waals surface area contributed by atoms with Crippen LogP contribution in [-0.2, 0) is 0 Å². The minimum absolute atomic E-state index is 0. The fourth-order valence-corrected chi connectivity index (χ4v) is 1.85.